The van der Waals surface area contributed by atoms with Crippen LogP contribution in [0.15, 0.2) is 47.4 Å². The SMILES string of the molecule is COc1ccc(S(=O)(=O)Nc2ccc3c(c2)C(=O)N([C@H](C)CO)C[C@@H](C)[C@H](CN(C)S(C)(=O)=O)O3)cc1. The number of nitrogens with one attached hydrogen (secondary N) is 1. The smallest absolute Gasteiger partial charge is 0.261 e. The normalized spacial score (nSPS) is 19.4. The van der Waals surface area contributed by atoms with Gasteiger partial charge in [0.2, 0.25) is 10.0 Å². The molecular weight excluding hydrogens is 522 g/mol. The van der Waals surface area contributed by atoms with Crippen LogP contribution in [0.25, 0.3) is 0 Å². The number of rotatable bonds is 9. The zero-order chi connectivity index (χ0) is 27.5. The van der Waals surface area contributed by atoms with E-state index in [-0.39, 0.29) is 47.5 Å². The van der Waals surface area contributed by atoms with Crippen LogP contribution in [0, 0.1) is 5.92 Å². The summed E-state index contributed by atoms with van der Waals surface area (Å²) in [5.74, 6) is -0.0236. The van der Waals surface area contributed by atoms with Crippen LogP contribution in [-0.4, -0.2) is 89.3 Å². The van der Waals surface area contributed by atoms with Gasteiger partial charge in [0.25, 0.3) is 15.9 Å². The van der Waals surface area contributed by atoms with E-state index in [2.05, 4.69) is 4.72 Å². The van der Waals surface area contributed by atoms with Gasteiger partial charge in [-0.2, -0.15) is 0 Å². The molecule has 1 aliphatic rings. The Morgan fingerprint density at radius 3 is 2.41 bits per heavy atom. The van der Waals surface area contributed by atoms with Gasteiger partial charge in [-0.05, 0) is 49.4 Å². The molecule has 37 heavy (non-hydrogen) atoms. The van der Waals surface area contributed by atoms with Gasteiger partial charge >= 0.3 is 0 Å². The highest BCUT2D eigenvalue weighted by molar-refractivity contribution is 7.92. The fourth-order valence-electron chi connectivity index (χ4n) is 3.86. The number of anilines is 1. The molecule has 3 rings (SSSR count). The predicted octanol–water partition coefficient (Wildman–Crippen LogP) is 1.61. The average Bonchev–Trinajstić information content (AvgIpc) is 2.85. The largest absolute Gasteiger partial charge is 0.497 e. The molecule has 13 heteroatoms. The van der Waals surface area contributed by atoms with Crippen LogP contribution in [0.4, 0.5) is 5.69 Å². The Hall–Kier alpha value is -2.87. The number of nitrogens with zero attached hydrogens (tertiary/aromatic N) is 2. The maximum absolute atomic E-state index is 13.5. The summed E-state index contributed by atoms with van der Waals surface area (Å²) in [6.07, 6.45) is 0.487. The third-order valence-electron chi connectivity index (χ3n) is 6.29. The van der Waals surface area contributed by atoms with E-state index in [0.29, 0.717) is 5.75 Å². The molecule has 204 valence electrons. The molecule has 0 unspecified atom stereocenters. The van der Waals surface area contributed by atoms with Gasteiger partial charge in [-0.25, -0.2) is 21.1 Å². The van der Waals surface area contributed by atoms with E-state index in [1.54, 1.807) is 6.92 Å². The van der Waals surface area contributed by atoms with Crippen LogP contribution in [0.2, 0.25) is 0 Å². The van der Waals surface area contributed by atoms with Gasteiger partial charge in [0.1, 0.15) is 17.6 Å². The van der Waals surface area contributed by atoms with Crippen LogP contribution in [0.5, 0.6) is 11.5 Å². The first-order valence-electron chi connectivity index (χ1n) is 11.6. The second-order valence-electron chi connectivity index (χ2n) is 9.16. The lowest BCUT2D eigenvalue weighted by Gasteiger charge is -2.38. The molecule has 0 radical (unpaired) electrons. The second-order valence-corrected chi connectivity index (χ2v) is 12.9. The molecule has 0 fully saturated rings. The maximum atomic E-state index is 13.5. The van der Waals surface area contributed by atoms with Crippen LogP contribution in [0.3, 0.4) is 0 Å². The van der Waals surface area contributed by atoms with E-state index in [0.717, 1.165) is 6.26 Å². The first-order valence-corrected chi connectivity index (χ1v) is 14.9. The van der Waals surface area contributed by atoms with Crippen molar-refractivity contribution >= 4 is 31.6 Å². The summed E-state index contributed by atoms with van der Waals surface area (Å²) in [4.78, 5) is 15.0. The van der Waals surface area contributed by atoms with Gasteiger partial charge in [-0.1, -0.05) is 6.92 Å². The number of aliphatic hydroxyl groups excluding tert-OH is 1. The molecule has 2 aromatic carbocycles. The third-order valence-corrected chi connectivity index (χ3v) is 8.97. The minimum atomic E-state index is -3.97. The Bertz CT molecular complexity index is 1330. The molecule has 0 aromatic heterocycles. The molecule has 2 N–H and O–H groups in total. The number of likely N-dealkylation sites (N-methyl/N-ethyl adjacent to an activating group) is 1. The fourth-order valence-corrected chi connectivity index (χ4v) is 5.33. The lowest BCUT2D eigenvalue weighted by atomic mass is 9.99. The minimum Gasteiger partial charge on any atom is -0.497 e. The summed E-state index contributed by atoms with van der Waals surface area (Å²) in [7, 11) is -4.53. The highest BCUT2D eigenvalue weighted by Crippen LogP contribution is 2.31. The Morgan fingerprint density at radius 1 is 1.19 bits per heavy atom. The molecule has 0 saturated carbocycles. The number of sulfonamides is 2. The lowest BCUT2D eigenvalue weighted by molar-refractivity contribution is 0.0387. The van der Waals surface area contributed by atoms with Crippen LogP contribution < -0.4 is 14.2 Å². The van der Waals surface area contributed by atoms with Crippen LogP contribution in [0.1, 0.15) is 24.2 Å². The van der Waals surface area contributed by atoms with E-state index in [9.17, 15) is 26.7 Å². The van der Waals surface area contributed by atoms with Gasteiger partial charge in [-0.3, -0.25) is 9.52 Å². The van der Waals surface area contributed by atoms with Gasteiger partial charge in [0.05, 0.1) is 43.0 Å². The van der Waals surface area contributed by atoms with Gasteiger partial charge in [0.15, 0.2) is 0 Å². The quantitative estimate of drug-likeness (QED) is 0.475. The summed E-state index contributed by atoms with van der Waals surface area (Å²) in [5, 5.41) is 9.78. The van der Waals surface area contributed by atoms with E-state index in [1.807, 2.05) is 6.92 Å². The molecule has 1 heterocycles. The zero-order valence-electron chi connectivity index (χ0n) is 21.4. The molecule has 1 amide bonds. The van der Waals surface area contributed by atoms with Crippen molar-refractivity contribution in [3.63, 3.8) is 0 Å². The number of hydrogen-bond acceptors (Lipinski definition) is 8. The van der Waals surface area contributed by atoms with Crippen molar-refractivity contribution in [3.8, 4) is 11.5 Å². The Labute approximate surface area is 218 Å². The maximum Gasteiger partial charge on any atom is 0.261 e. The molecule has 11 nitrogen and oxygen atoms in total. The third kappa shape index (κ3) is 6.72. The molecule has 1 aliphatic heterocycles. The molecule has 0 bridgehead atoms. The Balaban J connectivity index is 2.00. The number of carbonyl (C=O) groups excluding carboxylic acids is 1. The molecule has 3 atom stereocenters. The zero-order valence-corrected chi connectivity index (χ0v) is 23.0. The van der Waals surface area contributed by atoms with Crippen molar-refractivity contribution in [1.82, 2.24) is 9.21 Å². The summed E-state index contributed by atoms with van der Waals surface area (Å²) in [6, 6.07) is 9.64. The van der Waals surface area contributed by atoms with Crippen molar-refractivity contribution in [2.75, 3.05) is 44.8 Å². The fraction of sp³-hybridized carbons (Fsp3) is 0.458. The average molecular weight is 556 g/mol. The van der Waals surface area contributed by atoms with Gasteiger partial charge < -0.3 is 19.5 Å². The summed E-state index contributed by atoms with van der Waals surface area (Å²) < 4.78 is 64.7. The number of carbonyl (C=O) groups is 1. The standard InChI is InChI=1S/C24H33N3O8S2/c1-16-13-27(17(2)15-28)24(29)21-12-18(25-37(32,33)20-9-7-19(34-4)8-10-20)6-11-22(21)35-23(16)14-26(3)36(5,30)31/h6-12,16-17,23,25,28H,13-15H2,1-5H3/t16-,17-,23+/m1/s1. The summed E-state index contributed by atoms with van der Waals surface area (Å²) >= 11 is 0. The molecule has 0 aliphatic carbocycles. The van der Waals surface area contributed by atoms with Gasteiger partial charge in [0, 0.05) is 25.2 Å². The molecule has 0 spiro atoms. The Kier molecular flexibility index (Phi) is 8.73. The highest BCUT2D eigenvalue weighted by Gasteiger charge is 2.34. The monoisotopic (exact) mass is 555 g/mol. The van der Waals surface area contributed by atoms with E-state index in [4.69, 9.17) is 9.47 Å². The molecule has 0 saturated heterocycles. The Morgan fingerprint density at radius 2 is 1.84 bits per heavy atom. The number of ether oxygens (including phenoxy) is 2. The first kappa shape index (κ1) is 28.7. The van der Waals surface area contributed by atoms with Crippen molar-refractivity contribution in [2.24, 2.45) is 5.92 Å². The topological polar surface area (TPSA) is 143 Å². The van der Waals surface area contributed by atoms with Crippen molar-refractivity contribution in [1.29, 1.82) is 0 Å². The van der Waals surface area contributed by atoms with E-state index >= 15 is 0 Å². The van der Waals surface area contributed by atoms with Crippen LogP contribution in [-0.2, 0) is 20.0 Å². The number of hydrogen-bond donors (Lipinski definition) is 2. The first-order chi connectivity index (χ1) is 17.3. The van der Waals surface area contributed by atoms with Crippen molar-refractivity contribution in [2.45, 2.75) is 30.9 Å². The van der Waals surface area contributed by atoms with E-state index < -0.39 is 38.1 Å². The predicted molar refractivity (Wildman–Crippen MR) is 139 cm³/mol. The number of aliphatic hydroxyl groups is 1. The minimum absolute atomic E-state index is 0.0100. The number of methoxy groups -OCH3 is 1. The molecular formula is C24H33N3O8S2. The highest BCUT2D eigenvalue weighted by atomic mass is 32.2. The van der Waals surface area contributed by atoms with Crippen molar-refractivity contribution < 1.29 is 36.2 Å². The summed E-state index contributed by atoms with van der Waals surface area (Å²) in [6.45, 7) is 3.49. The summed E-state index contributed by atoms with van der Waals surface area (Å²) in [5.41, 5.74) is 0.232. The van der Waals surface area contributed by atoms with Crippen molar-refractivity contribution in [3.05, 3.63) is 48.0 Å². The number of benzene rings is 2. The number of fused-ring (bicyclic) bond motifs is 1. The molecule has 2 aromatic rings. The number of amides is 1. The van der Waals surface area contributed by atoms with E-state index in [1.165, 1.54) is 65.8 Å². The van der Waals surface area contributed by atoms with Crippen LogP contribution >= 0.6 is 0 Å². The second kappa shape index (κ2) is 11.3. The van der Waals surface area contributed by atoms with Gasteiger partial charge in [-0.15, -0.1) is 0 Å². The lowest BCUT2D eigenvalue weighted by Crippen LogP contribution is -2.50.